The van der Waals surface area contributed by atoms with Gasteiger partial charge in [-0.25, -0.2) is 0 Å². The highest BCUT2D eigenvalue weighted by Crippen LogP contribution is 2.21. The Hall–Kier alpha value is -0.570. The fourth-order valence-corrected chi connectivity index (χ4v) is 1.94. The van der Waals surface area contributed by atoms with E-state index in [1.807, 2.05) is 12.1 Å². The Balaban J connectivity index is 2.68. The second-order valence-corrected chi connectivity index (χ2v) is 5.67. The zero-order valence-corrected chi connectivity index (χ0v) is 12.6. The first kappa shape index (κ1) is 15.5. The maximum atomic E-state index is 5.93. The Morgan fingerprint density at radius 2 is 1.89 bits per heavy atom. The Bertz CT molecular complexity index is 348. The van der Waals surface area contributed by atoms with Gasteiger partial charge < -0.3 is 10.1 Å². The fraction of sp³-hybridized carbons (Fsp3) is 0.600. The van der Waals surface area contributed by atoms with Gasteiger partial charge in [-0.1, -0.05) is 37.1 Å². The molecule has 0 aromatic heterocycles. The third-order valence-electron chi connectivity index (χ3n) is 3.18. The monoisotopic (exact) mass is 269 g/mol. The number of methoxy groups -OCH3 is 1. The second kappa shape index (κ2) is 7.13. The van der Waals surface area contributed by atoms with Crippen molar-refractivity contribution in [3.63, 3.8) is 0 Å². The van der Waals surface area contributed by atoms with E-state index in [-0.39, 0.29) is 5.60 Å². The third kappa shape index (κ3) is 4.97. The van der Waals surface area contributed by atoms with Gasteiger partial charge in [0.05, 0.1) is 5.60 Å². The summed E-state index contributed by atoms with van der Waals surface area (Å²) in [4.78, 5) is 0. The van der Waals surface area contributed by atoms with Gasteiger partial charge in [0.1, 0.15) is 0 Å². The molecule has 1 N–H and O–H groups in total. The summed E-state index contributed by atoms with van der Waals surface area (Å²) in [7, 11) is 1.75. The zero-order valence-electron chi connectivity index (χ0n) is 11.8. The number of benzene rings is 1. The zero-order chi connectivity index (χ0) is 13.6. The Morgan fingerprint density at radius 3 is 2.39 bits per heavy atom. The molecule has 0 aliphatic heterocycles. The molecule has 0 saturated heterocycles. The molecule has 0 heterocycles. The first-order valence-corrected chi connectivity index (χ1v) is 6.90. The lowest BCUT2D eigenvalue weighted by Crippen LogP contribution is -2.38. The second-order valence-electron chi connectivity index (χ2n) is 5.24. The van der Waals surface area contributed by atoms with Crippen LogP contribution in [0, 0.1) is 0 Å². The van der Waals surface area contributed by atoms with Gasteiger partial charge in [-0.2, -0.15) is 0 Å². The molecule has 1 rings (SSSR count). The average Bonchev–Trinajstić information content (AvgIpc) is 2.36. The lowest BCUT2D eigenvalue weighted by atomic mass is 10.0. The van der Waals surface area contributed by atoms with Crippen LogP contribution in [0.2, 0.25) is 5.02 Å². The van der Waals surface area contributed by atoms with Crippen molar-refractivity contribution in [2.45, 2.75) is 45.3 Å². The van der Waals surface area contributed by atoms with Crippen molar-refractivity contribution < 1.29 is 4.74 Å². The molecule has 1 atom stereocenters. The van der Waals surface area contributed by atoms with Crippen molar-refractivity contribution in [2.24, 2.45) is 0 Å². The third-order valence-corrected chi connectivity index (χ3v) is 3.43. The highest BCUT2D eigenvalue weighted by atomic mass is 35.5. The predicted molar refractivity (Wildman–Crippen MR) is 78.2 cm³/mol. The summed E-state index contributed by atoms with van der Waals surface area (Å²) in [6.07, 6.45) is 2.26. The SMILES string of the molecule is CCCC(NCC(C)(C)OC)c1ccc(Cl)cc1. The molecule has 18 heavy (non-hydrogen) atoms. The van der Waals surface area contributed by atoms with E-state index in [1.165, 1.54) is 5.56 Å². The first-order valence-electron chi connectivity index (χ1n) is 6.52. The van der Waals surface area contributed by atoms with Crippen LogP contribution in [0.4, 0.5) is 0 Å². The van der Waals surface area contributed by atoms with Crippen LogP contribution < -0.4 is 5.32 Å². The number of nitrogens with one attached hydrogen (secondary N) is 1. The summed E-state index contributed by atoms with van der Waals surface area (Å²) >= 11 is 5.93. The van der Waals surface area contributed by atoms with Crippen molar-refractivity contribution in [3.8, 4) is 0 Å². The fourth-order valence-electron chi connectivity index (χ4n) is 1.81. The summed E-state index contributed by atoms with van der Waals surface area (Å²) < 4.78 is 5.44. The maximum Gasteiger partial charge on any atom is 0.0746 e. The van der Waals surface area contributed by atoms with Crippen LogP contribution >= 0.6 is 11.6 Å². The van der Waals surface area contributed by atoms with Crippen molar-refractivity contribution >= 4 is 11.6 Å². The number of halogens is 1. The molecular weight excluding hydrogens is 246 g/mol. The minimum Gasteiger partial charge on any atom is -0.377 e. The van der Waals surface area contributed by atoms with E-state index in [2.05, 4.69) is 38.2 Å². The number of hydrogen-bond donors (Lipinski definition) is 1. The van der Waals surface area contributed by atoms with E-state index in [9.17, 15) is 0 Å². The van der Waals surface area contributed by atoms with E-state index < -0.39 is 0 Å². The standard InChI is InChI=1S/C15H24ClNO/c1-5-6-14(17-11-15(2,3)18-4)12-7-9-13(16)10-8-12/h7-10,14,17H,5-6,11H2,1-4H3. The molecule has 0 bridgehead atoms. The Labute approximate surface area is 116 Å². The van der Waals surface area contributed by atoms with Crippen LogP contribution in [-0.2, 0) is 4.74 Å². The minimum atomic E-state index is -0.140. The molecular formula is C15H24ClNO. The summed E-state index contributed by atoms with van der Waals surface area (Å²) in [6, 6.07) is 8.44. The summed E-state index contributed by atoms with van der Waals surface area (Å²) in [5.74, 6) is 0. The quantitative estimate of drug-likeness (QED) is 0.801. The maximum absolute atomic E-state index is 5.93. The summed E-state index contributed by atoms with van der Waals surface area (Å²) in [5, 5.41) is 4.36. The van der Waals surface area contributed by atoms with E-state index >= 15 is 0 Å². The van der Waals surface area contributed by atoms with Gasteiger partial charge in [-0.3, -0.25) is 0 Å². The van der Waals surface area contributed by atoms with E-state index in [0.29, 0.717) is 6.04 Å². The van der Waals surface area contributed by atoms with Crippen LogP contribution in [0.1, 0.15) is 45.2 Å². The van der Waals surface area contributed by atoms with E-state index in [4.69, 9.17) is 16.3 Å². The Kier molecular flexibility index (Phi) is 6.13. The van der Waals surface area contributed by atoms with Crippen LogP contribution in [0.5, 0.6) is 0 Å². The van der Waals surface area contributed by atoms with Gasteiger partial charge in [0.25, 0.3) is 0 Å². The number of hydrogen-bond acceptors (Lipinski definition) is 2. The molecule has 0 radical (unpaired) electrons. The van der Waals surface area contributed by atoms with Gasteiger partial charge in [0, 0.05) is 24.7 Å². The van der Waals surface area contributed by atoms with E-state index in [1.54, 1.807) is 7.11 Å². The molecule has 1 unspecified atom stereocenters. The molecule has 0 aliphatic carbocycles. The Morgan fingerprint density at radius 1 is 1.28 bits per heavy atom. The van der Waals surface area contributed by atoms with Gasteiger partial charge in [0.15, 0.2) is 0 Å². The van der Waals surface area contributed by atoms with Crippen LogP contribution in [-0.4, -0.2) is 19.3 Å². The molecule has 0 saturated carbocycles. The minimum absolute atomic E-state index is 0.140. The van der Waals surface area contributed by atoms with E-state index in [0.717, 1.165) is 24.4 Å². The molecule has 102 valence electrons. The number of rotatable bonds is 7. The smallest absolute Gasteiger partial charge is 0.0746 e. The lowest BCUT2D eigenvalue weighted by molar-refractivity contribution is 0.0207. The highest BCUT2D eigenvalue weighted by molar-refractivity contribution is 6.30. The molecule has 3 heteroatoms. The van der Waals surface area contributed by atoms with Crippen molar-refractivity contribution in [2.75, 3.05) is 13.7 Å². The highest BCUT2D eigenvalue weighted by Gasteiger charge is 2.19. The number of ether oxygens (including phenoxy) is 1. The molecule has 0 amide bonds. The van der Waals surface area contributed by atoms with Crippen LogP contribution in [0.3, 0.4) is 0 Å². The summed E-state index contributed by atoms with van der Waals surface area (Å²) in [6.45, 7) is 7.21. The molecule has 0 fully saturated rings. The normalized spacial score (nSPS) is 13.6. The van der Waals surface area contributed by atoms with Crippen molar-refractivity contribution in [1.82, 2.24) is 5.32 Å². The van der Waals surface area contributed by atoms with Crippen LogP contribution in [0.15, 0.2) is 24.3 Å². The molecule has 1 aromatic carbocycles. The molecule has 2 nitrogen and oxygen atoms in total. The van der Waals surface area contributed by atoms with Crippen molar-refractivity contribution in [1.29, 1.82) is 0 Å². The summed E-state index contributed by atoms with van der Waals surface area (Å²) in [5.41, 5.74) is 1.14. The van der Waals surface area contributed by atoms with Gasteiger partial charge in [-0.15, -0.1) is 0 Å². The average molecular weight is 270 g/mol. The van der Waals surface area contributed by atoms with Gasteiger partial charge in [0.2, 0.25) is 0 Å². The molecule has 0 aliphatic rings. The van der Waals surface area contributed by atoms with Crippen LogP contribution in [0.25, 0.3) is 0 Å². The predicted octanol–water partition coefficient (Wildman–Crippen LogP) is 4.20. The lowest BCUT2D eigenvalue weighted by Gasteiger charge is -2.27. The van der Waals surface area contributed by atoms with Gasteiger partial charge in [-0.05, 0) is 38.0 Å². The van der Waals surface area contributed by atoms with Gasteiger partial charge >= 0.3 is 0 Å². The van der Waals surface area contributed by atoms with Crippen molar-refractivity contribution in [3.05, 3.63) is 34.9 Å². The molecule has 0 spiro atoms. The largest absolute Gasteiger partial charge is 0.377 e. The topological polar surface area (TPSA) is 21.3 Å². The molecule has 1 aromatic rings. The first-order chi connectivity index (χ1) is 8.48.